The van der Waals surface area contributed by atoms with Crippen molar-refractivity contribution >= 4 is 0 Å². The summed E-state index contributed by atoms with van der Waals surface area (Å²) in [6.07, 6.45) is 6.64. The summed E-state index contributed by atoms with van der Waals surface area (Å²) in [5.41, 5.74) is 2.34. The molecule has 0 aromatic heterocycles. The molecule has 1 aromatic carbocycles. The second-order valence-electron chi connectivity index (χ2n) is 5.15. The first-order valence-corrected chi connectivity index (χ1v) is 8.14. The summed E-state index contributed by atoms with van der Waals surface area (Å²) in [7, 11) is 3.81. The Morgan fingerprint density at radius 3 is 2.74 bits per heavy atom. The molecule has 0 bridgehead atoms. The molecule has 1 atom stereocenters. The van der Waals surface area contributed by atoms with Gasteiger partial charge in [-0.15, -0.1) is 0 Å². The van der Waals surface area contributed by atoms with E-state index in [2.05, 4.69) is 31.2 Å². The minimum Gasteiger partial charge on any atom is -0.497 e. The standard InChI is InChI=1S/C18H23NO2.C2H6/c1-5-7-14(6-2)13-19(3)17-10-11-21-18-9-8-15(20-4)12-16(17)18;1-2/h5-9,12,17H,1-2,10-11,13H2,3-4H3;1-2H3/b14-7+;. The molecule has 1 unspecified atom stereocenters. The van der Waals surface area contributed by atoms with E-state index in [4.69, 9.17) is 9.47 Å². The zero-order valence-corrected chi connectivity index (χ0v) is 14.8. The third kappa shape index (κ3) is 5.00. The quantitative estimate of drug-likeness (QED) is 0.705. The maximum atomic E-state index is 5.75. The van der Waals surface area contributed by atoms with Crippen molar-refractivity contribution in [3.05, 3.63) is 60.7 Å². The number of hydrogen-bond acceptors (Lipinski definition) is 3. The van der Waals surface area contributed by atoms with Crippen LogP contribution in [0.2, 0.25) is 0 Å². The van der Waals surface area contributed by atoms with Crippen molar-refractivity contribution in [1.29, 1.82) is 0 Å². The lowest BCUT2D eigenvalue weighted by Gasteiger charge is -2.33. The molecule has 0 N–H and O–H groups in total. The van der Waals surface area contributed by atoms with Crippen molar-refractivity contribution < 1.29 is 9.47 Å². The van der Waals surface area contributed by atoms with Crippen LogP contribution in [0.25, 0.3) is 0 Å². The van der Waals surface area contributed by atoms with Gasteiger partial charge in [-0.25, -0.2) is 0 Å². The van der Waals surface area contributed by atoms with E-state index >= 15 is 0 Å². The van der Waals surface area contributed by atoms with Crippen LogP contribution < -0.4 is 9.47 Å². The smallest absolute Gasteiger partial charge is 0.124 e. The largest absolute Gasteiger partial charge is 0.497 e. The Labute approximate surface area is 140 Å². The molecule has 0 spiro atoms. The third-order valence-corrected chi connectivity index (χ3v) is 3.78. The van der Waals surface area contributed by atoms with Gasteiger partial charge in [-0.2, -0.15) is 0 Å². The fourth-order valence-corrected chi connectivity index (χ4v) is 2.67. The Morgan fingerprint density at radius 1 is 1.39 bits per heavy atom. The third-order valence-electron chi connectivity index (χ3n) is 3.78. The molecule has 0 fully saturated rings. The molecule has 1 aliphatic rings. The van der Waals surface area contributed by atoms with Crippen LogP contribution in [0.3, 0.4) is 0 Å². The van der Waals surface area contributed by atoms with E-state index in [1.807, 2.05) is 38.1 Å². The van der Waals surface area contributed by atoms with Gasteiger partial charge in [0, 0.05) is 24.6 Å². The molecule has 3 heteroatoms. The second-order valence-corrected chi connectivity index (χ2v) is 5.15. The zero-order valence-electron chi connectivity index (χ0n) is 14.8. The van der Waals surface area contributed by atoms with E-state index < -0.39 is 0 Å². The molecule has 0 radical (unpaired) electrons. The zero-order chi connectivity index (χ0) is 17.2. The maximum Gasteiger partial charge on any atom is 0.124 e. The summed E-state index contributed by atoms with van der Waals surface area (Å²) in [4.78, 5) is 2.32. The van der Waals surface area contributed by atoms with Gasteiger partial charge in [0.2, 0.25) is 0 Å². The predicted octanol–water partition coefficient (Wildman–Crippen LogP) is 4.78. The van der Waals surface area contributed by atoms with Crippen LogP contribution in [0.4, 0.5) is 0 Å². The van der Waals surface area contributed by atoms with Gasteiger partial charge in [-0.3, -0.25) is 4.90 Å². The summed E-state index contributed by atoms with van der Waals surface area (Å²) in [6, 6.07) is 6.31. The van der Waals surface area contributed by atoms with Crippen molar-refractivity contribution in [2.24, 2.45) is 0 Å². The first kappa shape index (κ1) is 19.0. The van der Waals surface area contributed by atoms with Gasteiger partial charge in [0.25, 0.3) is 0 Å². The number of allylic oxidation sites excluding steroid dienone is 2. The Kier molecular flexibility index (Phi) is 8.20. The summed E-state index contributed by atoms with van der Waals surface area (Å²) in [6.45, 7) is 13.2. The van der Waals surface area contributed by atoms with E-state index in [-0.39, 0.29) is 0 Å². The van der Waals surface area contributed by atoms with Crippen LogP contribution in [0.5, 0.6) is 11.5 Å². The lowest BCUT2D eigenvalue weighted by molar-refractivity contribution is 0.175. The molecule has 0 aliphatic carbocycles. The number of nitrogens with zero attached hydrogens (tertiary/aromatic N) is 1. The summed E-state index contributed by atoms with van der Waals surface area (Å²) in [5.74, 6) is 1.81. The highest BCUT2D eigenvalue weighted by molar-refractivity contribution is 5.43. The second kappa shape index (κ2) is 9.90. The summed E-state index contributed by atoms with van der Waals surface area (Å²) < 4.78 is 11.1. The van der Waals surface area contributed by atoms with Crippen LogP contribution in [0.1, 0.15) is 31.9 Å². The van der Waals surface area contributed by atoms with Crippen LogP contribution in [-0.2, 0) is 0 Å². The first-order chi connectivity index (χ1) is 11.2. The van der Waals surface area contributed by atoms with Gasteiger partial charge in [0.1, 0.15) is 11.5 Å². The number of benzene rings is 1. The summed E-state index contributed by atoms with van der Waals surface area (Å²) in [5, 5.41) is 0. The van der Waals surface area contributed by atoms with Crippen LogP contribution >= 0.6 is 0 Å². The predicted molar refractivity (Wildman–Crippen MR) is 98.3 cm³/mol. The lowest BCUT2D eigenvalue weighted by atomic mass is 9.98. The average Bonchev–Trinajstić information content (AvgIpc) is 2.61. The number of ether oxygens (including phenoxy) is 2. The van der Waals surface area contributed by atoms with Gasteiger partial charge < -0.3 is 9.47 Å². The summed E-state index contributed by atoms with van der Waals surface area (Å²) >= 11 is 0. The first-order valence-electron chi connectivity index (χ1n) is 8.14. The highest BCUT2D eigenvalue weighted by Crippen LogP contribution is 2.37. The minimum absolute atomic E-state index is 0.317. The molecule has 23 heavy (non-hydrogen) atoms. The molecule has 1 aliphatic heterocycles. The molecule has 126 valence electrons. The van der Waals surface area contributed by atoms with E-state index in [0.29, 0.717) is 6.04 Å². The Hall–Kier alpha value is -2.00. The van der Waals surface area contributed by atoms with E-state index in [9.17, 15) is 0 Å². The molecule has 1 heterocycles. The van der Waals surface area contributed by atoms with Crippen LogP contribution in [0.15, 0.2) is 55.2 Å². The normalized spacial score (nSPS) is 16.6. The van der Waals surface area contributed by atoms with Crippen molar-refractivity contribution in [1.82, 2.24) is 4.90 Å². The van der Waals surface area contributed by atoms with Crippen molar-refractivity contribution in [3.8, 4) is 11.5 Å². The minimum atomic E-state index is 0.317. The van der Waals surface area contributed by atoms with Gasteiger partial charge in [-0.1, -0.05) is 45.2 Å². The molecule has 3 nitrogen and oxygen atoms in total. The fourth-order valence-electron chi connectivity index (χ4n) is 2.67. The number of fused-ring (bicyclic) bond motifs is 1. The van der Waals surface area contributed by atoms with E-state index in [1.54, 1.807) is 13.2 Å². The van der Waals surface area contributed by atoms with E-state index in [1.165, 1.54) is 5.56 Å². The maximum absolute atomic E-state index is 5.75. The van der Waals surface area contributed by atoms with Crippen LogP contribution in [0, 0.1) is 0 Å². The van der Waals surface area contributed by atoms with Gasteiger partial charge in [0.05, 0.1) is 13.7 Å². The molecule has 0 saturated heterocycles. The SMILES string of the molecule is C=C/C=C(\C=C)CN(C)C1CCOc2ccc(OC)cc21.CC. The van der Waals surface area contributed by atoms with Gasteiger partial charge >= 0.3 is 0 Å². The number of hydrogen-bond donors (Lipinski definition) is 0. The highest BCUT2D eigenvalue weighted by Gasteiger charge is 2.25. The molecular weight excluding hydrogens is 286 g/mol. The highest BCUT2D eigenvalue weighted by atomic mass is 16.5. The topological polar surface area (TPSA) is 21.7 Å². The van der Waals surface area contributed by atoms with Crippen LogP contribution in [-0.4, -0.2) is 32.2 Å². The number of likely N-dealkylation sites (N-methyl/N-ethyl adjacent to an activating group) is 1. The average molecular weight is 315 g/mol. The molecule has 2 rings (SSSR count). The molecular formula is C20H29NO2. The number of rotatable bonds is 6. The molecule has 0 saturated carbocycles. The van der Waals surface area contributed by atoms with Gasteiger partial charge in [-0.05, 0) is 30.8 Å². The fraction of sp³-hybridized carbons (Fsp3) is 0.400. The van der Waals surface area contributed by atoms with Gasteiger partial charge in [0.15, 0.2) is 0 Å². The monoisotopic (exact) mass is 315 g/mol. The lowest BCUT2D eigenvalue weighted by Crippen LogP contribution is -2.30. The molecule has 1 aromatic rings. The Bertz CT molecular complexity index is 549. The Balaban J connectivity index is 0.00000127. The van der Waals surface area contributed by atoms with E-state index in [0.717, 1.165) is 36.6 Å². The number of methoxy groups -OCH3 is 1. The van der Waals surface area contributed by atoms with Crippen molar-refractivity contribution in [2.45, 2.75) is 26.3 Å². The Morgan fingerprint density at radius 2 is 2.13 bits per heavy atom. The van der Waals surface area contributed by atoms with Crippen molar-refractivity contribution in [3.63, 3.8) is 0 Å². The van der Waals surface area contributed by atoms with Crippen molar-refractivity contribution in [2.75, 3.05) is 27.3 Å². The molecule has 0 amide bonds.